The average molecular weight is 317 g/mol. The minimum absolute atomic E-state index is 0.0896. The Bertz CT molecular complexity index is 781. The highest BCUT2D eigenvalue weighted by molar-refractivity contribution is 7.08. The number of hydrogen-bond acceptors (Lipinski definition) is 5. The second kappa shape index (κ2) is 5.74. The number of hydrogen-bond donors (Lipinski definition) is 3. The Balaban J connectivity index is 1.63. The van der Waals surface area contributed by atoms with Gasteiger partial charge in [0.25, 0.3) is 0 Å². The van der Waals surface area contributed by atoms with Crippen LogP contribution in [0, 0.1) is 0 Å². The minimum Gasteiger partial charge on any atom is -0.384 e. The van der Waals surface area contributed by atoms with Crippen molar-refractivity contribution in [3.05, 3.63) is 46.8 Å². The lowest BCUT2D eigenvalue weighted by molar-refractivity contribution is 0.0604. The molecule has 3 heterocycles. The summed E-state index contributed by atoms with van der Waals surface area (Å²) in [5, 5.41) is 27.2. The van der Waals surface area contributed by atoms with Gasteiger partial charge in [0.1, 0.15) is 5.60 Å². The van der Waals surface area contributed by atoms with Gasteiger partial charge in [-0.1, -0.05) is 6.07 Å². The molecule has 3 rings (SSSR count). The Kier molecular flexibility index (Phi) is 3.78. The van der Waals surface area contributed by atoms with Gasteiger partial charge in [-0.25, -0.2) is 4.79 Å². The number of amides is 2. The molecule has 0 fully saturated rings. The topological polar surface area (TPSA) is 91.5 Å². The number of fused-ring (bicyclic) bond motifs is 1. The highest BCUT2D eigenvalue weighted by Crippen LogP contribution is 2.22. The largest absolute Gasteiger partial charge is 0.384 e. The van der Waals surface area contributed by atoms with Crippen molar-refractivity contribution in [2.45, 2.75) is 12.5 Å². The third-order valence-corrected chi connectivity index (χ3v) is 3.96. The van der Waals surface area contributed by atoms with Crippen LogP contribution in [0.1, 0.15) is 12.5 Å². The van der Waals surface area contributed by atoms with E-state index in [1.165, 1.54) is 11.3 Å². The fourth-order valence-electron chi connectivity index (χ4n) is 2.00. The summed E-state index contributed by atoms with van der Waals surface area (Å²) in [4.78, 5) is 12.0. The van der Waals surface area contributed by atoms with Crippen molar-refractivity contribution in [2.24, 2.45) is 0 Å². The number of urea groups is 1. The Morgan fingerprint density at radius 3 is 3.05 bits per heavy atom. The van der Waals surface area contributed by atoms with Gasteiger partial charge < -0.3 is 10.4 Å². The van der Waals surface area contributed by atoms with Gasteiger partial charge in [-0.05, 0) is 41.4 Å². The van der Waals surface area contributed by atoms with Crippen molar-refractivity contribution in [2.75, 3.05) is 11.9 Å². The molecule has 0 aliphatic heterocycles. The quantitative estimate of drug-likeness (QED) is 0.684. The molecule has 0 aromatic carbocycles. The van der Waals surface area contributed by atoms with E-state index in [9.17, 15) is 9.90 Å². The SMILES string of the molecule is CC(O)(CNC(=O)Nc1nnc2ccccn12)c1ccsc1. The number of carbonyl (C=O) groups excluding carboxylic acids is 1. The van der Waals surface area contributed by atoms with Crippen molar-refractivity contribution >= 4 is 29.0 Å². The summed E-state index contributed by atoms with van der Waals surface area (Å²) in [5.41, 5.74) is 0.290. The Labute approximate surface area is 130 Å². The van der Waals surface area contributed by atoms with Gasteiger partial charge >= 0.3 is 6.03 Å². The second-order valence-electron chi connectivity index (χ2n) is 5.05. The van der Waals surface area contributed by atoms with E-state index in [4.69, 9.17) is 0 Å². The van der Waals surface area contributed by atoms with Crippen LogP contribution >= 0.6 is 11.3 Å². The van der Waals surface area contributed by atoms with Gasteiger partial charge in [0.2, 0.25) is 5.95 Å². The summed E-state index contributed by atoms with van der Waals surface area (Å²) in [6, 6.07) is 6.83. The van der Waals surface area contributed by atoms with Gasteiger partial charge in [-0.15, -0.1) is 10.2 Å². The summed E-state index contributed by atoms with van der Waals surface area (Å²) in [5.74, 6) is 0.322. The fourth-order valence-corrected chi connectivity index (χ4v) is 2.78. The van der Waals surface area contributed by atoms with Crippen LogP contribution in [0.3, 0.4) is 0 Å². The van der Waals surface area contributed by atoms with Crippen LogP contribution in [0.2, 0.25) is 0 Å². The standard InChI is InChI=1S/C14H15N5O2S/c1-14(21,10-5-7-22-8-10)9-15-13(20)16-12-18-17-11-4-2-3-6-19(11)12/h2-8,21H,9H2,1H3,(H2,15,16,18,20). The highest BCUT2D eigenvalue weighted by Gasteiger charge is 2.24. The molecule has 114 valence electrons. The Morgan fingerprint density at radius 2 is 2.27 bits per heavy atom. The molecule has 1 unspecified atom stereocenters. The third kappa shape index (κ3) is 2.92. The zero-order chi connectivity index (χ0) is 15.6. The van der Waals surface area contributed by atoms with Gasteiger partial charge in [0.05, 0.1) is 6.54 Å². The van der Waals surface area contributed by atoms with E-state index in [0.29, 0.717) is 11.6 Å². The second-order valence-corrected chi connectivity index (χ2v) is 5.83. The first-order valence-corrected chi connectivity index (χ1v) is 7.60. The first-order chi connectivity index (χ1) is 10.6. The van der Waals surface area contributed by atoms with Crippen LogP contribution in [0.25, 0.3) is 5.65 Å². The number of anilines is 1. The summed E-state index contributed by atoms with van der Waals surface area (Å²) >= 11 is 1.50. The molecule has 0 bridgehead atoms. The molecule has 0 aliphatic rings. The zero-order valence-electron chi connectivity index (χ0n) is 11.9. The number of aliphatic hydroxyl groups is 1. The summed E-state index contributed by atoms with van der Waals surface area (Å²) in [6.07, 6.45) is 1.76. The van der Waals surface area contributed by atoms with Crippen LogP contribution in [-0.2, 0) is 5.60 Å². The monoisotopic (exact) mass is 317 g/mol. The summed E-state index contributed by atoms with van der Waals surface area (Å²) < 4.78 is 1.66. The fraction of sp³-hybridized carbons (Fsp3) is 0.214. The van der Waals surface area contributed by atoms with E-state index in [1.54, 1.807) is 23.6 Å². The first-order valence-electron chi connectivity index (χ1n) is 6.66. The molecule has 3 aromatic heterocycles. The third-order valence-electron chi connectivity index (χ3n) is 3.28. The zero-order valence-corrected chi connectivity index (χ0v) is 12.7. The normalized spacial score (nSPS) is 13.7. The molecule has 0 aliphatic carbocycles. The predicted molar refractivity (Wildman–Crippen MR) is 83.9 cm³/mol. The van der Waals surface area contributed by atoms with E-state index >= 15 is 0 Å². The molecule has 1 atom stereocenters. The number of rotatable bonds is 4. The lowest BCUT2D eigenvalue weighted by atomic mass is 9.99. The van der Waals surface area contributed by atoms with Gasteiger partial charge in [0.15, 0.2) is 5.65 Å². The van der Waals surface area contributed by atoms with Crippen molar-refractivity contribution < 1.29 is 9.90 Å². The van der Waals surface area contributed by atoms with Crippen LogP contribution in [0.4, 0.5) is 10.7 Å². The average Bonchev–Trinajstić information content (AvgIpc) is 3.16. The molecule has 0 saturated carbocycles. The lowest BCUT2D eigenvalue weighted by Gasteiger charge is -2.22. The maximum Gasteiger partial charge on any atom is 0.321 e. The number of nitrogens with one attached hydrogen (secondary N) is 2. The highest BCUT2D eigenvalue weighted by atomic mass is 32.1. The molecule has 8 heteroatoms. The minimum atomic E-state index is -1.12. The Hall–Kier alpha value is -2.45. The number of aromatic nitrogens is 3. The number of pyridine rings is 1. The molecule has 0 saturated heterocycles. The molecule has 0 spiro atoms. The van der Waals surface area contributed by atoms with E-state index in [2.05, 4.69) is 20.8 Å². The van der Waals surface area contributed by atoms with Crippen molar-refractivity contribution in [1.29, 1.82) is 0 Å². The molecule has 0 radical (unpaired) electrons. The van der Waals surface area contributed by atoms with Crippen molar-refractivity contribution in [1.82, 2.24) is 19.9 Å². The number of thiophene rings is 1. The van der Waals surface area contributed by atoms with Gasteiger partial charge in [-0.3, -0.25) is 9.72 Å². The molecule has 22 heavy (non-hydrogen) atoms. The van der Waals surface area contributed by atoms with Crippen molar-refractivity contribution in [3.8, 4) is 0 Å². The molecular formula is C14H15N5O2S. The Morgan fingerprint density at radius 1 is 1.41 bits per heavy atom. The summed E-state index contributed by atoms with van der Waals surface area (Å²) in [7, 11) is 0. The first kappa shape index (κ1) is 14.5. The van der Waals surface area contributed by atoms with Gasteiger partial charge in [0, 0.05) is 6.20 Å². The molecular weight excluding hydrogens is 302 g/mol. The van der Waals surface area contributed by atoms with Crippen LogP contribution in [-0.4, -0.2) is 32.3 Å². The van der Waals surface area contributed by atoms with E-state index in [1.807, 2.05) is 29.0 Å². The maximum atomic E-state index is 12.0. The predicted octanol–water partition coefficient (Wildman–Crippen LogP) is 1.82. The lowest BCUT2D eigenvalue weighted by Crippen LogP contribution is -2.40. The van der Waals surface area contributed by atoms with E-state index in [-0.39, 0.29) is 6.54 Å². The summed E-state index contributed by atoms with van der Waals surface area (Å²) in [6.45, 7) is 1.74. The molecule has 2 amide bonds. The molecule has 7 nitrogen and oxygen atoms in total. The van der Waals surface area contributed by atoms with Crippen LogP contribution in [0.15, 0.2) is 41.2 Å². The number of nitrogens with zero attached hydrogens (tertiary/aromatic N) is 3. The van der Waals surface area contributed by atoms with E-state index < -0.39 is 11.6 Å². The van der Waals surface area contributed by atoms with E-state index in [0.717, 1.165) is 5.56 Å². The molecule has 3 N–H and O–H groups in total. The maximum absolute atomic E-state index is 12.0. The smallest absolute Gasteiger partial charge is 0.321 e. The van der Waals surface area contributed by atoms with Crippen LogP contribution in [0.5, 0.6) is 0 Å². The van der Waals surface area contributed by atoms with Crippen LogP contribution < -0.4 is 10.6 Å². The van der Waals surface area contributed by atoms with Crippen molar-refractivity contribution in [3.63, 3.8) is 0 Å². The molecule has 3 aromatic rings. The number of carbonyl (C=O) groups is 1. The van der Waals surface area contributed by atoms with Gasteiger partial charge in [-0.2, -0.15) is 11.3 Å².